The quantitative estimate of drug-likeness (QED) is 0.315. The highest BCUT2D eigenvalue weighted by atomic mass is 127. The second kappa shape index (κ2) is 11.8. The molecule has 0 aromatic carbocycles. The molecule has 1 aromatic heterocycles. The third kappa shape index (κ3) is 6.87. The molecular weight excluding hydrogens is 483 g/mol. The van der Waals surface area contributed by atoms with E-state index in [-0.39, 0.29) is 35.3 Å². The number of nitrogens with one attached hydrogen (secondary N) is 2. The minimum Gasteiger partial charge on any atom is -0.469 e. The molecule has 1 aliphatic heterocycles. The number of aliphatic imine (C=N–C) groups is 1. The van der Waals surface area contributed by atoms with E-state index in [9.17, 15) is 4.79 Å². The number of furan rings is 1. The first-order valence-electron chi connectivity index (χ1n) is 10.4. The highest BCUT2D eigenvalue weighted by molar-refractivity contribution is 14.0. The maximum atomic E-state index is 12.8. The average molecular weight is 518 g/mol. The van der Waals surface area contributed by atoms with Crippen molar-refractivity contribution in [3.63, 3.8) is 0 Å². The Labute approximate surface area is 191 Å². The third-order valence-electron chi connectivity index (χ3n) is 5.79. The Bertz CT molecular complexity index is 636. The van der Waals surface area contributed by atoms with Gasteiger partial charge in [0.1, 0.15) is 5.76 Å². The first kappa shape index (κ1) is 24.0. The van der Waals surface area contributed by atoms with Crippen LogP contribution < -0.4 is 10.6 Å². The molecule has 29 heavy (non-hydrogen) atoms. The fraction of sp³-hybridized carbons (Fsp3) is 0.714. The lowest BCUT2D eigenvalue weighted by molar-refractivity contribution is -0.138. The molecule has 1 amide bonds. The molecule has 2 N–H and O–H groups in total. The Hall–Kier alpha value is -1.29. The van der Waals surface area contributed by atoms with Crippen molar-refractivity contribution in [1.29, 1.82) is 0 Å². The molecular formula is C21H35IN4O3. The van der Waals surface area contributed by atoms with Crippen LogP contribution in [0.2, 0.25) is 0 Å². The van der Waals surface area contributed by atoms with Crippen molar-refractivity contribution >= 4 is 35.8 Å². The van der Waals surface area contributed by atoms with Gasteiger partial charge in [-0.05, 0) is 31.4 Å². The molecule has 0 spiro atoms. The van der Waals surface area contributed by atoms with E-state index < -0.39 is 0 Å². The van der Waals surface area contributed by atoms with Crippen LogP contribution in [0.5, 0.6) is 0 Å². The van der Waals surface area contributed by atoms with Crippen molar-refractivity contribution in [3.8, 4) is 0 Å². The average Bonchev–Trinajstić information content (AvgIpc) is 3.46. The number of amides is 1. The van der Waals surface area contributed by atoms with Crippen LogP contribution in [0.15, 0.2) is 27.8 Å². The molecule has 1 unspecified atom stereocenters. The van der Waals surface area contributed by atoms with E-state index in [1.807, 2.05) is 26.2 Å². The maximum Gasteiger partial charge on any atom is 0.230 e. The molecule has 0 bridgehead atoms. The highest BCUT2D eigenvalue weighted by Gasteiger charge is 2.42. The zero-order chi connectivity index (χ0) is 19.8. The summed E-state index contributed by atoms with van der Waals surface area (Å²) in [5.41, 5.74) is -0.352. The molecule has 2 aliphatic rings. The standard InChI is InChI=1S/C21H34N4O3.HI/c1-25(2)19(26)21(9-3-4-10-21)16-24-20(23-14-17-8-13-27-15-17)22-11-7-18-6-5-12-28-18;/h5-6,12,17H,3-4,7-11,13-16H2,1-2H3,(H2,22,23,24);1H. The van der Waals surface area contributed by atoms with Gasteiger partial charge in [-0.3, -0.25) is 9.79 Å². The summed E-state index contributed by atoms with van der Waals surface area (Å²) >= 11 is 0. The molecule has 8 heteroatoms. The number of ether oxygens (including phenoxy) is 1. The fourth-order valence-electron chi connectivity index (χ4n) is 4.11. The first-order valence-corrected chi connectivity index (χ1v) is 10.4. The summed E-state index contributed by atoms with van der Waals surface area (Å²) in [6, 6.07) is 3.88. The number of guanidine groups is 1. The number of hydrogen-bond donors (Lipinski definition) is 2. The van der Waals surface area contributed by atoms with E-state index in [1.165, 1.54) is 0 Å². The van der Waals surface area contributed by atoms with Crippen molar-refractivity contribution in [1.82, 2.24) is 15.5 Å². The third-order valence-corrected chi connectivity index (χ3v) is 5.79. The van der Waals surface area contributed by atoms with Gasteiger partial charge in [0.2, 0.25) is 5.91 Å². The molecule has 2 heterocycles. The minimum atomic E-state index is -0.352. The van der Waals surface area contributed by atoms with Crippen molar-refractivity contribution in [2.75, 3.05) is 46.9 Å². The number of carbonyl (C=O) groups excluding carboxylic acids is 1. The summed E-state index contributed by atoms with van der Waals surface area (Å²) in [7, 11) is 3.68. The van der Waals surface area contributed by atoms with E-state index in [2.05, 4.69) is 10.6 Å². The molecule has 1 atom stereocenters. The molecule has 1 saturated heterocycles. The van der Waals surface area contributed by atoms with Gasteiger partial charge in [0.05, 0.1) is 24.8 Å². The molecule has 1 saturated carbocycles. The zero-order valence-electron chi connectivity index (χ0n) is 17.6. The van der Waals surface area contributed by atoms with Crippen LogP contribution in [0.1, 0.15) is 37.9 Å². The molecule has 3 rings (SSSR count). The molecule has 7 nitrogen and oxygen atoms in total. The Morgan fingerprint density at radius 3 is 2.72 bits per heavy atom. The van der Waals surface area contributed by atoms with E-state index in [4.69, 9.17) is 14.1 Å². The van der Waals surface area contributed by atoms with Gasteiger partial charge in [-0.15, -0.1) is 24.0 Å². The van der Waals surface area contributed by atoms with Gasteiger partial charge in [0.25, 0.3) is 0 Å². The van der Waals surface area contributed by atoms with Gasteiger partial charge in [-0.1, -0.05) is 12.8 Å². The summed E-state index contributed by atoms with van der Waals surface area (Å²) in [6.45, 7) is 3.73. The molecule has 1 aliphatic carbocycles. The SMILES string of the molecule is CN(C)C(=O)C1(CN=C(NCCc2ccco2)NCC2CCOC2)CCCC1.I. The first-order chi connectivity index (χ1) is 13.6. The van der Waals surface area contributed by atoms with Gasteiger partial charge >= 0.3 is 0 Å². The molecule has 1 aromatic rings. The number of hydrogen-bond acceptors (Lipinski definition) is 4. The summed E-state index contributed by atoms with van der Waals surface area (Å²) < 4.78 is 10.9. The smallest absolute Gasteiger partial charge is 0.230 e. The van der Waals surface area contributed by atoms with Crippen LogP contribution in [0, 0.1) is 11.3 Å². The van der Waals surface area contributed by atoms with Crippen molar-refractivity contribution < 1.29 is 13.9 Å². The van der Waals surface area contributed by atoms with Crippen molar-refractivity contribution in [2.24, 2.45) is 16.3 Å². The van der Waals surface area contributed by atoms with Gasteiger partial charge < -0.3 is 24.7 Å². The van der Waals surface area contributed by atoms with Gasteiger partial charge in [-0.2, -0.15) is 0 Å². The van der Waals surface area contributed by atoms with Crippen LogP contribution in [0.25, 0.3) is 0 Å². The zero-order valence-corrected chi connectivity index (χ0v) is 19.9. The lowest BCUT2D eigenvalue weighted by atomic mass is 9.85. The minimum absolute atomic E-state index is 0. The molecule has 164 valence electrons. The normalized spacial score (nSPS) is 20.9. The van der Waals surface area contributed by atoms with Gasteiger partial charge in [-0.25, -0.2) is 0 Å². The second-order valence-corrected chi connectivity index (χ2v) is 8.22. The summed E-state index contributed by atoms with van der Waals surface area (Å²) in [6.07, 6.45) is 7.61. The molecule has 0 radical (unpaired) electrons. The van der Waals surface area contributed by atoms with Gasteiger partial charge in [0, 0.05) is 46.1 Å². The Balaban J connectivity index is 0.00000300. The Morgan fingerprint density at radius 1 is 1.31 bits per heavy atom. The number of carbonyl (C=O) groups is 1. The van der Waals surface area contributed by atoms with Crippen molar-refractivity contribution in [3.05, 3.63) is 24.2 Å². The fourth-order valence-corrected chi connectivity index (χ4v) is 4.11. The van der Waals surface area contributed by atoms with E-state index in [0.29, 0.717) is 12.5 Å². The summed E-state index contributed by atoms with van der Waals surface area (Å²) in [5, 5.41) is 6.86. The van der Waals surface area contributed by atoms with Crippen LogP contribution in [0.3, 0.4) is 0 Å². The van der Waals surface area contributed by atoms with Crippen LogP contribution >= 0.6 is 24.0 Å². The lowest BCUT2D eigenvalue weighted by Gasteiger charge is -2.29. The summed E-state index contributed by atoms with van der Waals surface area (Å²) in [5.74, 6) is 2.44. The maximum absolute atomic E-state index is 12.8. The second-order valence-electron chi connectivity index (χ2n) is 8.22. The Kier molecular flexibility index (Phi) is 9.74. The molecule has 2 fully saturated rings. The van der Waals surface area contributed by atoms with E-state index in [1.54, 1.807) is 11.2 Å². The topological polar surface area (TPSA) is 79.1 Å². The largest absolute Gasteiger partial charge is 0.469 e. The van der Waals surface area contributed by atoms with Crippen molar-refractivity contribution in [2.45, 2.75) is 38.5 Å². The Morgan fingerprint density at radius 2 is 2.10 bits per heavy atom. The number of nitrogens with zero attached hydrogens (tertiary/aromatic N) is 2. The van der Waals surface area contributed by atoms with Crippen LogP contribution in [0.4, 0.5) is 0 Å². The predicted molar refractivity (Wildman–Crippen MR) is 125 cm³/mol. The van der Waals surface area contributed by atoms with Crippen LogP contribution in [-0.4, -0.2) is 63.7 Å². The lowest BCUT2D eigenvalue weighted by Crippen LogP contribution is -2.44. The number of halogens is 1. The van der Waals surface area contributed by atoms with E-state index >= 15 is 0 Å². The van der Waals surface area contributed by atoms with Crippen LogP contribution in [-0.2, 0) is 16.0 Å². The van der Waals surface area contributed by atoms with Gasteiger partial charge in [0.15, 0.2) is 5.96 Å². The predicted octanol–water partition coefficient (Wildman–Crippen LogP) is 2.66. The monoisotopic (exact) mass is 518 g/mol. The van der Waals surface area contributed by atoms with E-state index in [0.717, 1.165) is 76.5 Å². The highest BCUT2D eigenvalue weighted by Crippen LogP contribution is 2.39. The number of rotatable bonds is 8. The summed E-state index contributed by atoms with van der Waals surface area (Å²) in [4.78, 5) is 19.4.